The number of carboxylic acids is 1. The highest BCUT2D eigenvalue weighted by atomic mass is 35.5. The summed E-state index contributed by atoms with van der Waals surface area (Å²) in [5, 5.41) is 44.1. The third-order valence-electron chi connectivity index (χ3n) is 6.84. The van der Waals surface area contributed by atoms with Crippen LogP contribution in [0.3, 0.4) is 0 Å². The zero-order valence-electron chi connectivity index (χ0n) is 18.8. The first kappa shape index (κ1) is 24.3. The topological polar surface area (TPSA) is 141 Å². The summed E-state index contributed by atoms with van der Waals surface area (Å²) in [5.41, 5.74) is 5.72. The molecule has 186 valence electrons. The number of benzene rings is 1. The number of carbonyl (C=O) groups is 1. The van der Waals surface area contributed by atoms with Gasteiger partial charge in [0.2, 0.25) is 0 Å². The minimum Gasteiger partial charge on any atom is -0.479 e. The Labute approximate surface area is 207 Å². The van der Waals surface area contributed by atoms with Gasteiger partial charge in [-0.25, -0.2) is 4.79 Å². The molecule has 0 spiro atoms. The van der Waals surface area contributed by atoms with Gasteiger partial charge in [0, 0.05) is 23.2 Å². The van der Waals surface area contributed by atoms with Gasteiger partial charge in [0.15, 0.2) is 12.4 Å². The number of carboxylic acid groups (broad SMARTS) is 1. The van der Waals surface area contributed by atoms with Gasteiger partial charge in [-0.15, -0.1) is 0 Å². The number of halogens is 1. The Balaban J connectivity index is 1.60. The molecule has 0 radical (unpaired) electrons. The number of aliphatic hydroxyl groups excluding tert-OH is 3. The van der Waals surface area contributed by atoms with E-state index in [1.807, 2.05) is 18.2 Å². The molecular formula is C25H27ClN2O7. The predicted octanol–water partition coefficient (Wildman–Crippen LogP) is 1.43. The van der Waals surface area contributed by atoms with Gasteiger partial charge in [0.05, 0.1) is 11.8 Å². The number of nitrogens with one attached hydrogen (secondary N) is 1. The fourth-order valence-electron chi connectivity index (χ4n) is 5.08. The molecule has 1 aromatic heterocycles. The second kappa shape index (κ2) is 9.94. The third-order valence-corrected chi connectivity index (χ3v) is 7.07. The molecule has 6 unspecified atom stereocenters. The van der Waals surface area contributed by atoms with Crippen LogP contribution in [0.2, 0.25) is 5.02 Å². The van der Waals surface area contributed by atoms with Crippen molar-refractivity contribution in [2.45, 2.75) is 56.1 Å². The highest BCUT2D eigenvalue weighted by Crippen LogP contribution is 2.43. The number of piperidine rings is 1. The second-order valence-electron chi connectivity index (χ2n) is 9.04. The number of hydrogen-bond acceptors (Lipinski definition) is 8. The Hall–Kier alpha value is -2.37. The molecule has 1 aromatic carbocycles. The molecule has 6 atom stereocenters. The largest absolute Gasteiger partial charge is 0.479 e. The Bertz CT molecular complexity index is 1150. The monoisotopic (exact) mass is 502 g/mol. The fourth-order valence-corrected chi connectivity index (χ4v) is 5.26. The van der Waals surface area contributed by atoms with Gasteiger partial charge in [0.1, 0.15) is 18.3 Å². The summed E-state index contributed by atoms with van der Waals surface area (Å²) in [6.45, 7) is 1.73. The highest BCUT2D eigenvalue weighted by Gasteiger charge is 2.48. The van der Waals surface area contributed by atoms with Crippen molar-refractivity contribution in [3.63, 3.8) is 0 Å². The number of aliphatic carboxylic acids is 1. The summed E-state index contributed by atoms with van der Waals surface area (Å²) in [4.78, 5) is 16.3. The van der Waals surface area contributed by atoms with Gasteiger partial charge in [-0.1, -0.05) is 29.3 Å². The van der Waals surface area contributed by atoms with E-state index in [1.165, 1.54) is 5.57 Å². The minimum absolute atomic E-state index is 0.356. The summed E-state index contributed by atoms with van der Waals surface area (Å²) in [6.07, 6.45) is -5.27. The molecule has 0 bridgehead atoms. The lowest BCUT2D eigenvalue weighted by atomic mass is 9.89. The quantitative estimate of drug-likeness (QED) is 0.421. The second-order valence-corrected chi connectivity index (χ2v) is 9.47. The molecule has 0 saturated carbocycles. The van der Waals surface area contributed by atoms with Crippen molar-refractivity contribution >= 4 is 23.1 Å². The maximum Gasteiger partial charge on any atom is 0.335 e. The van der Waals surface area contributed by atoms with Gasteiger partial charge in [-0.2, -0.15) is 0 Å². The molecule has 2 aliphatic heterocycles. The van der Waals surface area contributed by atoms with Gasteiger partial charge >= 0.3 is 5.97 Å². The van der Waals surface area contributed by atoms with Crippen LogP contribution in [0.1, 0.15) is 41.3 Å². The molecule has 3 aliphatic rings. The summed E-state index contributed by atoms with van der Waals surface area (Å²) < 4.78 is 11.6. The molecule has 35 heavy (non-hydrogen) atoms. The van der Waals surface area contributed by atoms with Crippen LogP contribution in [0, 0.1) is 0 Å². The summed E-state index contributed by atoms with van der Waals surface area (Å²) in [7, 11) is 0. The molecule has 2 fully saturated rings. The van der Waals surface area contributed by atoms with E-state index in [0.29, 0.717) is 11.4 Å². The number of aliphatic hydroxyl groups is 3. The maximum atomic E-state index is 11.6. The zero-order valence-corrected chi connectivity index (χ0v) is 19.6. The van der Waals surface area contributed by atoms with Crippen LogP contribution in [0.5, 0.6) is 0 Å². The van der Waals surface area contributed by atoms with E-state index >= 15 is 0 Å². The van der Waals surface area contributed by atoms with Crippen LogP contribution in [0.4, 0.5) is 0 Å². The SMILES string of the molecule is O=C(O)C1OC(OC2Cc3cccnc3C(=C3CCNCC3)c3ccc(Cl)cc32)C(O)C(O)C1O. The summed E-state index contributed by atoms with van der Waals surface area (Å²) in [6, 6.07) is 9.34. The van der Waals surface area contributed by atoms with E-state index in [4.69, 9.17) is 26.1 Å². The van der Waals surface area contributed by atoms with Crippen molar-refractivity contribution in [3.8, 4) is 0 Å². The Morgan fingerprint density at radius 2 is 1.89 bits per heavy atom. The van der Waals surface area contributed by atoms with Crippen molar-refractivity contribution in [3.05, 3.63) is 69.5 Å². The molecule has 10 heteroatoms. The molecule has 9 nitrogen and oxygen atoms in total. The summed E-state index contributed by atoms with van der Waals surface area (Å²) >= 11 is 6.39. The van der Waals surface area contributed by atoms with E-state index in [1.54, 1.807) is 18.3 Å². The zero-order chi connectivity index (χ0) is 24.7. The normalized spacial score (nSPS) is 30.9. The molecule has 0 amide bonds. The molecule has 3 heterocycles. The Kier molecular flexibility index (Phi) is 6.91. The first-order valence-electron chi connectivity index (χ1n) is 11.6. The molecule has 5 N–H and O–H groups in total. The third kappa shape index (κ3) is 4.61. The van der Waals surface area contributed by atoms with Gasteiger partial charge in [0.25, 0.3) is 0 Å². The lowest BCUT2D eigenvalue weighted by Crippen LogP contribution is -2.60. The molecule has 2 saturated heterocycles. The lowest BCUT2D eigenvalue weighted by molar-refractivity contribution is -0.305. The fraction of sp³-hybridized carbons (Fsp3) is 0.440. The predicted molar refractivity (Wildman–Crippen MR) is 126 cm³/mol. The maximum absolute atomic E-state index is 11.6. The number of nitrogens with zero attached hydrogens (tertiary/aromatic N) is 1. The molecule has 2 aromatic rings. The van der Waals surface area contributed by atoms with Crippen molar-refractivity contribution in [1.82, 2.24) is 10.3 Å². The number of aromatic nitrogens is 1. The van der Waals surface area contributed by atoms with Crippen LogP contribution in [0.25, 0.3) is 5.57 Å². The van der Waals surface area contributed by atoms with Crippen LogP contribution < -0.4 is 5.32 Å². The van der Waals surface area contributed by atoms with Crippen molar-refractivity contribution in [1.29, 1.82) is 0 Å². The number of ether oxygens (including phenoxy) is 2. The van der Waals surface area contributed by atoms with Crippen molar-refractivity contribution < 1.29 is 34.7 Å². The average molecular weight is 503 g/mol. The highest BCUT2D eigenvalue weighted by molar-refractivity contribution is 6.30. The van der Waals surface area contributed by atoms with Gasteiger partial charge in [-0.05, 0) is 60.8 Å². The number of fused-ring (bicyclic) bond motifs is 2. The molecular weight excluding hydrogens is 476 g/mol. The van der Waals surface area contributed by atoms with E-state index in [2.05, 4.69) is 5.32 Å². The van der Waals surface area contributed by atoms with Crippen molar-refractivity contribution in [2.24, 2.45) is 0 Å². The number of hydrogen-bond donors (Lipinski definition) is 5. The van der Waals surface area contributed by atoms with E-state index < -0.39 is 42.8 Å². The van der Waals surface area contributed by atoms with Gasteiger partial charge < -0.3 is 35.2 Å². The average Bonchev–Trinajstić information content (AvgIpc) is 2.99. The van der Waals surface area contributed by atoms with E-state index in [0.717, 1.165) is 53.9 Å². The number of pyridine rings is 1. The van der Waals surface area contributed by atoms with Gasteiger partial charge in [-0.3, -0.25) is 4.98 Å². The Morgan fingerprint density at radius 1 is 1.11 bits per heavy atom. The van der Waals surface area contributed by atoms with Crippen LogP contribution in [0.15, 0.2) is 42.1 Å². The van der Waals surface area contributed by atoms with Crippen molar-refractivity contribution in [2.75, 3.05) is 13.1 Å². The van der Waals surface area contributed by atoms with Crippen LogP contribution >= 0.6 is 11.6 Å². The number of rotatable bonds is 3. The standard InChI is InChI=1S/C25H27ClN2O7/c26-14-3-4-15-16(11-14)17(34-25-22(31)20(29)21(30)23(35-25)24(32)33)10-13-2-1-7-28-19(13)18(15)12-5-8-27-9-6-12/h1-4,7,11,17,20-23,25,27,29-31H,5-6,8-10H2,(H,32,33). The Morgan fingerprint density at radius 3 is 2.63 bits per heavy atom. The van der Waals surface area contributed by atoms with E-state index in [-0.39, 0.29) is 0 Å². The van der Waals surface area contributed by atoms with Crippen LogP contribution in [-0.2, 0) is 20.7 Å². The first-order chi connectivity index (χ1) is 16.8. The lowest BCUT2D eigenvalue weighted by Gasteiger charge is -2.40. The van der Waals surface area contributed by atoms with E-state index in [9.17, 15) is 25.2 Å². The van der Waals surface area contributed by atoms with Crippen LogP contribution in [-0.4, -0.2) is 75.2 Å². The molecule has 1 aliphatic carbocycles. The first-order valence-corrected chi connectivity index (χ1v) is 12.0. The minimum atomic E-state index is -1.79. The summed E-state index contributed by atoms with van der Waals surface area (Å²) in [5.74, 6) is -1.46. The molecule has 5 rings (SSSR count). The smallest absolute Gasteiger partial charge is 0.335 e.